The smallest absolute Gasteiger partial charge is 0.168 e. The molecule has 12 rings (SSSR count). The summed E-state index contributed by atoms with van der Waals surface area (Å²) in [5.74, 6) is 2.05. The second-order valence-electron chi connectivity index (χ2n) is 40.2. The van der Waals surface area contributed by atoms with Gasteiger partial charge in [0.1, 0.15) is 16.2 Å². The average Bonchev–Trinajstić information content (AvgIpc) is 1.81. The highest BCUT2D eigenvalue weighted by Crippen LogP contribution is 2.40. The van der Waals surface area contributed by atoms with E-state index in [0.29, 0.717) is 40.3 Å². The predicted octanol–water partition coefficient (Wildman–Crippen LogP) is 31.9. The molecule has 11 nitrogen and oxygen atoms in total. The van der Waals surface area contributed by atoms with Gasteiger partial charge in [0.25, 0.3) is 0 Å². The predicted molar refractivity (Wildman–Crippen MR) is 532 cm³/mol. The van der Waals surface area contributed by atoms with E-state index < -0.39 is 0 Å². The minimum Gasteiger partial charge on any atom is -0.494 e. The fourth-order valence-electron chi connectivity index (χ4n) is 11.1. The van der Waals surface area contributed by atoms with Crippen LogP contribution in [-0.4, -0.2) is 56.9 Å². The Hall–Kier alpha value is -8.92. The second kappa shape index (κ2) is 52.4. The van der Waals surface area contributed by atoms with Gasteiger partial charge in [0.05, 0.1) is 29.2 Å². The van der Waals surface area contributed by atoms with Crippen molar-refractivity contribution in [2.24, 2.45) is 0 Å². The molecule has 16 heteroatoms. The fraction of sp³-hybridized carbons (Fsp3) is 0.486. The van der Waals surface area contributed by atoms with Crippen LogP contribution in [-0.2, 0) is 37.9 Å². The maximum Gasteiger partial charge on any atom is 0.168 e. The molecule has 0 unspecified atom stereocenters. The first-order valence-electron chi connectivity index (χ1n) is 43.6. The summed E-state index contributed by atoms with van der Waals surface area (Å²) in [5, 5.41) is 0.197. The van der Waals surface area contributed by atoms with Crippen molar-refractivity contribution in [1.29, 1.82) is 0 Å². The standard InChI is InChI=1S/C12H17N.C10H12ClF.C10H14FN.C10H13FO.4C10H15N.2C9H13N.C8H11BrN2.CH4/c1-12(2,3)11-6-4-5-10(13-11)9-7-8-9;1-10(2,3)7-5-4-6-8(11)9(7)12;1-7-5-6-8(11)9(12-7)10(2,3)4;1-7(2)8-5-4-6-9(12-3)10(8)11;1-8-5-9(7-11-6-8)10(2,3)4;3*1-8-6-5-7-9(11-8)10(2,3)4;2*1-7(2)9-6-4-5-8(3)10-9;1-5(2)7-4-10-6(3)8(9)11-7;/h4-6,9H,7-8H2,1-3H3;4-6H,1-3H3;5-6H,1-4H3;4-7H,1-3H3;4*5-7H,1-4H3;2*4-7H,1-3H3;4-5H,1-3H3;1H4. The third kappa shape index (κ3) is 44.4. The van der Waals surface area contributed by atoms with Gasteiger partial charge in [-0.1, -0.05) is 287 Å². The van der Waals surface area contributed by atoms with Crippen LogP contribution in [0, 0.1) is 72.8 Å². The molecule has 684 valence electrons. The van der Waals surface area contributed by atoms with Crippen molar-refractivity contribution in [2.45, 2.75) is 344 Å². The van der Waals surface area contributed by atoms with Crippen LogP contribution in [0.5, 0.6) is 5.75 Å². The van der Waals surface area contributed by atoms with Gasteiger partial charge in [-0.25, -0.2) is 18.2 Å². The van der Waals surface area contributed by atoms with Crippen molar-refractivity contribution in [3.63, 3.8) is 0 Å². The summed E-state index contributed by atoms with van der Waals surface area (Å²) in [6, 6.07) is 52.8. The Bertz CT molecular complexity index is 4700. The molecule has 0 radical (unpaired) electrons. The van der Waals surface area contributed by atoms with Crippen molar-refractivity contribution in [3.05, 3.63) is 323 Å². The molecule has 9 aromatic heterocycles. The quantitative estimate of drug-likeness (QED) is 0.157. The van der Waals surface area contributed by atoms with Crippen LogP contribution in [0.1, 0.15) is 364 Å². The zero-order chi connectivity index (χ0) is 94.8. The largest absolute Gasteiger partial charge is 0.494 e. The van der Waals surface area contributed by atoms with E-state index in [9.17, 15) is 13.2 Å². The molecular formula is C109H157BrClF3N10O. The van der Waals surface area contributed by atoms with E-state index in [1.54, 1.807) is 42.5 Å². The molecule has 11 aromatic rings. The molecular weight excluding hydrogens is 1640 g/mol. The lowest BCUT2D eigenvalue weighted by Gasteiger charge is -2.19. The normalized spacial score (nSPS) is 11.8. The number of rotatable bonds is 6. The minimum atomic E-state index is -0.299. The van der Waals surface area contributed by atoms with Crippen LogP contribution in [0.4, 0.5) is 13.2 Å². The highest BCUT2D eigenvalue weighted by Gasteiger charge is 2.27. The summed E-state index contributed by atoms with van der Waals surface area (Å²) in [7, 11) is 1.47. The third-order valence-electron chi connectivity index (χ3n) is 19.0. The van der Waals surface area contributed by atoms with Crippen LogP contribution < -0.4 is 4.74 Å². The minimum absolute atomic E-state index is 0. The average molecular weight is 1800 g/mol. The Morgan fingerprint density at radius 2 is 0.760 bits per heavy atom. The summed E-state index contributed by atoms with van der Waals surface area (Å²) >= 11 is 8.99. The monoisotopic (exact) mass is 1790 g/mol. The van der Waals surface area contributed by atoms with Crippen molar-refractivity contribution in [3.8, 4) is 5.75 Å². The van der Waals surface area contributed by atoms with Gasteiger partial charge in [0.2, 0.25) is 0 Å². The Morgan fingerprint density at radius 1 is 0.376 bits per heavy atom. The summed E-state index contributed by atoms with van der Waals surface area (Å²) < 4.78 is 45.7. The lowest BCUT2D eigenvalue weighted by Crippen LogP contribution is -2.16. The molecule has 0 N–H and O–H groups in total. The van der Waals surface area contributed by atoms with Gasteiger partial charge in [-0.15, -0.1) is 0 Å². The van der Waals surface area contributed by atoms with E-state index >= 15 is 0 Å². The summed E-state index contributed by atoms with van der Waals surface area (Å²) in [5.41, 5.74) is 21.7. The molecule has 0 spiro atoms. The summed E-state index contributed by atoms with van der Waals surface area (Å²) in [4.78, 5) is 43.6. The molecule has 125 heavy (non-hydrogen) atoms. The van der Waals surface area contributed by atoms with E-state index in [2.05, 4.69) is 298 Å². The van der Waals surface area contributed by atoms with Crippen molar-refractivity contribution in [2.75, 3.05) is 7.11 Å². The molecule has 1 saturated carbocycles. The Labute approximate surface area is 769 Å². The number of hydrogen-bond donors (Lipinski definition) is 0. The number of methoxy groups -OCH3 is 1. The lowest BCUT2D eigenvalue weighted by atomic mass is 9.87. The number of halogens is 5. The number of nitrogens with zero attached hydrogens (tertiary/aromatic N) is 10. The summed E-state index contributed by atoms with van der Waals surface area (Å²) in [6.07, 6.45) is 8.31. The van der Waals surface area contributed by atoms with Gasteiger partial charge >= 0.3 is 0 Å². The highest BCUT2D eigenvalue weighted by atomic mass is 79.9. The first-order valence-corrected chi connectivity index (χ1v) is 44.7. The van der Waals surface area contributed by atoms with Gasteiger partial charge in [0, 0.05) is 126 Å². The fourth-order valence-corrected chi connectivity index (χ4v) is 11.6. The number of hydrogen-bond acceptors (Lipinski definition) is 11. The van der Waals surface area contributed by atoms with Gasteiger partial charge < -0.3 is 4.74 Å². The Balaban J connectivity index is 0.000000687. The van der Waals surface area contributed by atoms with Crippen molar-refractivity contribution < 1.29 is 17.9 Å². The lowest BCUT2D eigenvalue weighted by molar-refractivity contribution is 0.383. The van der Waals surface area contributed by atoms with E-state index in [4.69, 9.17) is 21.3 Å². The number of ether oxygens (including phenoxy) is 1. The van der Waals surface area contributed by atoms with Crippen LogP contribution in [0.15, 0.2) is 187 Å². The zero-order valence-electron chi connectivity index (χ0n) is 82.9. The molecule has 0 saturated heterocycles. The molecule has 0 atom stereocenters. The maximum absolute atomic E-state index is 13.4. The molecule has 9 heterocycles. The topological polar surface area (TPSA) is 138 Å². The molecule has 1 fully saturated rings. The first kappa shape index (κ1) is 114. The number of aryl methyl sites for hydroxylation is 8. The second-order valence-corrected chi connectivity index (χ2v) is 41.3. The molecule has 1 aliphatic rings. The Kier molecular flexibility index (Phi) is 47.8. The molecule has 0 amide bonds. The first-order chi connectivity index (χ1) is 57.1. The van der Waals surface area contributed by atoms with Crippen LogP contribution >= 0.6 is 27.5 Å². The van der Waals surface area contributed by atoms with E-state index in [-0.39, 0.29) is 73.7 Å². The maximum atomic E-state index is 13.4. The molecule has 1 aliphatic carbocycles. The molecule has 2 aromatic carbocycles. The van der Waals surface area contributed by atoms with Crippen molar-refractivity contribution in [1.82, 2.24) is 49.8 Å². The zero-order valence-corrected chi connectivity index (χ0v) is 85.2. The van der Waals surface area contributed by atoms with Gasteiger partial charge in [0.15, 0.2) is 11.6 Å². The third-order valence-corrected chi connectivity index (χ3v) is 20.1. The van der Waals surface area contributed by atoms with Gasteiger partial charge in [-0.3, -0.25) is 44.9 Å². The number of benzene rings is 2. The molecule has 0 bridgehead atoms. The highest BCUT2D eigenvalue weighted by molar-refractivity contribution is 9.10. The van der Waals surface area contributed by atoms with E-state index in [1.165, 1.54) is 59.9 Å². The number of aromatic nitrogens is 10. The SMILES string of the molecule is C.CC(C)(C)c1cccc(C2CC2)n1.CC(C)(C)c1cccc(Cl)c1F.COc1cccc(C(C)C)c1F.Cc1ccc(F)c(C(C)(C)C)n1.Cc1cccc(C(C)(C)C)n1.Cc1cccc(C(C)(C)C)n1.Cc1cccc(C(C)(C)C)n1.Cc1cccc(C(C)C)n1.Cc1cccc(C(C)C)n1.Cc1cncc(C(C)(C)C)c1.Cc1ncc(C(C)C)nc1Br. The van der Waals surface area contributed by atoms with Crippen molar-refractivity contribution >= 4 is 27.5 Å². The van der Waals surface area contributed by atoms with E-state index in [1.807, 2.05) is 153 Å². The molecule has 0 aliphatic heterocycles. The van der Waals surface area contributed by atoms with Crippen LogP contribution in [0.2, 0.25) is 5.02 Å². The van der Waals surface area contributed by atoms with Gasteiger partial charge in [-0.05, 0) is 238 Å². The van der Waals surface area contributed by atoms with Crippen LogP contribution in [0.25, 0.3) is 0 Å². The summed E-state index contributed by atoms with van der Waals surface area (Å²) in [6.45, 7) is 77.3. The Morgan fingerprint density at radius 3 is 1.06 bits per heavy atom. The van der Waals surface area contributed by atoms with Crippen LogP contribution in [0.3, 0.4) is 0 Å². The number of pyridine rings is 8. The van der Waals surface area contributed by atoms with Gasteiger partial charge in [-0.2, -0.15) is 0 Å². The van der Waals surface area contributed by atoms with E-state index in [0.717, 1.165) is 73.2 Å².